The van der Waals surface area contributed by atoms with Crippen LogP contribution >= 0.6 is 0 Å². The maximum Gasteiger partial charge on any atom is 0.161 e. The Morgan fingerprint density at radius 1 is 0.889 bits per heavy atom. The highest BCUT2D eigenvalue weighted by Crippen LogP contribution is 2.12. The van der Waals surface area contributed by atoms with Crippen molar-refractivity contribution in [3.63, 3.8) is 0 Å². The molecule has 0 unspecified atom stereocenters. The zero-order chi connectivity index (χ0) is 13.2. The Kier molecular flexibility index (Phi) is 6.26. The summed E-state index contributed by atoms with van der Waals surface area (Å²) >= 11 is 0. The van der Waals surface area contributed by atoms with Crippen molar-refractivity contribution in [3.8, 4) is 0 Å². The molecule has 1 aromatic carbocycles. The van der Waals surface area contributed by atoms with Crippen molar-refractivity contribution in [2.45, 2.75) is 0 Å². The van der Waals surface area contributed by atoms with E-state index in [1.165, 1.54) is 11.3 Å². The summed E-state index contributed by atoms with van der Waals surface area (Å²) in [4.78, 5) is 5.02. The monoisotopic (exact) mass is 241 g/mol. The second-order valence-electron chi connectivity index (χ2n) is 4.07. The first-order valence-corrected chi connectivity index (χ1v) is 6.02. The standard InChI is InChI=1S/C16H20N2/c1-17-14-8-6-4-5-7-9-15-10-12-16(13-11-15)18(2)3/h4-14H,1-3H3/p+1/b5-4+,8-6-,9-7+,17-14?. The van der Waals surface area contributed by atoms with Crippen molar-refractivity contribution in [1.29, 1.82) is 0 Å². The van der Waals surface area contributed by atoms with E-state index < -0.39 is 0 Å². The molecule has 2 heteroatoms. The van der Waals surface area contributed by atoms with Gasteiger partial charge in [-0.2, -0.15) is 0 Å². The highest BCUT2D eigenvalue weighted by atomic mass is 15.1. The fraction of sp³-hybridized carbons (Fsp3) is 0.188. The Labute approximate surface area is 110 Å². The molecule has 0 radical (unpaired) electrons. The summed E-state index contributed by atoms with van der Waals surface area (Å²) in [6.45, 7) is 0. The quantitative estimate of drug-likeness (QED) is 0.613. The molecule has 0 heterocycles. The number of hydrogen-bond acceptors (Lipinski definition) is 1. The van der Waals surface area contributed by atoms with Crippen LogP contribution in [0.25, 0.3) is 6.08 Å². The summed E-state index contributed by atoms with van der Waals surface area (Å²) in [6, 6.07) is 8.46. The van der Waals surface area contributed by atoms with Gasteiger partial charge >= 0.3 is 0 Å². The van der Waals surface area contributed by atoms with Gasteiger partial charge in [0.2, 0.25) is 0 Å². The Balaban J connectivity index is 2.52. The van der Waals surface area contributed by atoms with Crippen molar-refractivity contribution in [2.24, 2.45) is 0 Å². The molecule has 0 saturated carbocycles. The molecule has 1 aromatic rings. The first-order valence-electron chi connectivity index (χ1n) is 6.02. The van der Waals surface area contributed by atoms with Gasteiger partial charge in [-0.25, -0.2) is 0 Å². The molecule has 0 saturated heterocycles. The lowest BCUT2D eigenvalue weighted by Crippen LogP contribution is -2.62. The summed E-state index contributed by atoms with van der Waals surface area (Å²) < 4.78 is 0. The van der Waals surface area contributed by atoms with Crippen LogP contribution in [0, 0.1) is 0 Å². The maximum absolute atomic E-state index is 2.93. The van der Waals surface area contributed by atoms with Gasteiger partial charge < -0.3 is 4.90 Å². The Morgan fingerprint density at radius 2 is 1.50 bits per heavy atom. The second kappa shape index (κ2) is 8.07. The van der Waals surface area contributed by atoms with Crippen molar-refractivity contribution < 1.29 is 4.99 Å². The van der Waals surface area contributed by atoms with Gasteiger partial charge in [-0.3, -0.25) is 4.99 Å². The fourth-order valence-corrected chi connectivity index (χ4v) is 1.39. The van der Waals surface area contributed by atoms with E-state index in [-0.39, 0.29) is 0 Å². The lowest BCUT2D eigenvalue weighted by atomic mass is 10.2. The first-order chi connectivity index (χ1) is 8.74. The molecule has 0 fully saturated rings. The number of allylic oxidation sites excluding steroid dienone is 5. The van der Waals surface area contributed by atoms with Crippen molar-refractivity contribution in [1.82, 2.24) is 0 Å². The molecular formula is C16H21N2+. The van der Waals surface area contributed by atoms with Crippen molar-refractivity contribution in [2.75, 3.05) is 26.0 Å². The van der Waals surface area contributed by atoms with Gasteiger partial charge in [0.15, 0.2) is 6.21 Å². The van der Waals surface area contributed by atoms with E-state index in [0.29, 0.717) is 0 Å². The molecule has 1 N–H and O–H groups in total. The maximum atomic E-state index is 2.93. The summed E-state index contributed by atoms with van der Waals surface area (Å²) in [6.07, 6.45) is 14.0. The van der Waals surface area contributed by atoms with E-state index >= 15 is 0 Å². The van der Waals surface area contributed by atoms with Crippen molar-refractivity contribution >= 4 is 18.0 Å². The summed E-state index contributed by atoms with van der Waals surface area (Å²) in [5.41, 5.74) is 2.42. The number of nitrogens with zero attached hydrogens (tertiary/aromatic N) is 1. The van der Waals surface area contributed by atoms with E-state index in [4.69, 9.17) is 0 Å². The number of anilines is 1. The first kappa shape index (κ1) is 14.0. The van der Waals surface area contributed by atoms with Gasteiger partial charge in [0, 0.05) is 25.9 Å². The van der Waals surface area contributed by atoms with Crippen molar-refractivity contribution in [3.05, 3.63) is 60.2 Å². The van der Waals surface area contributed by atoms with Crippen LogP contribution in [0.3, 0.4) is 0 Å². The molecule has 0 aromatic heterocycles. The molecule has 0 atom stereocenters. The average molecular weight is 241 g/mol. The lowest BCUT2D eigenvalue weighted by Gasteiger charge is -2.11. The van der Waals surface area contributed by atoms with E-state index in [1.807, 2.05) is 57.7 Å². The fourth-order valence-electron chi connectivity index (χ4n) is 1.39. The van der Waals surface area contributed by atoms with Crippen LogP contribution in [0.5, 0.6) is 0 Å². The van der Waals surface area contributed by atoms with E-state index in [1.54, 1.807) is 0 Å². The lowest BCUT2D eigenvalue weighted by molar-refractivity contribution is -0.413. The largest absolute Gasteiger partial charge is 0.378 e. The van der Waals surface area contributed by atoms with Crippen LogP contribution in [0.4, 0.5) is 5.69 Å². The highest BCUT2D eigenvalue weighted by molar-refractivity contribution is 5.65. The molecule has 0 aliphatic carbocycles. The minimum atomic E-state index is 1.20. The van der Waals surface area contributed by atoms with Crippen LogP contribution in [0.1, 0.15) is 5.56 Å². The van der Waals surface area contributed by atoms with Gasteiger partial charge in [0.25, 0.3) is 0 Å². The van der Waals surface area contributed by atoms with Crippen LogP contribution in [0.15, 0.2) is 54.6 Å². The number of benzene rings is 1. The summed E-state index contributed by atoms with van der Waals surface area (Å²) in [5, 5.41) is 0. The SMILES string of the molecule is C[NH+]=C\C=C/C=C/C=C/c1ccc(N(C)C)cc1. The third-order valence-electron chi connectivity index (χ3n) is 2.41. The molecule has 1 rings (SSSR count). The second-order valence-corrected chi connectivity index (χ2v) is 4.07. The topological polar surface area (TPSA) is 17.2 Å². The predicted octanol–water partition coefficient (Wildman–Crippen LogP) is 1.66. The Hall–Kier alpha value is -2.09. The zero-order valence-corrected chi connectivity index (χ0v) is 11.3. The number of hydrogen-bond donors (Lipinski definition) is 1. The highest BCUT2D eigenvalue weighted by Gasteiger charge is 1.92. The van der Waals surface area contributed by atoms with Gasteiger partial charge in [0.1, 0.15) is 7.05 Å². The third kappa shape index (κ3) is 5.30. The molecule has 0 amide bonds. The molecule has 0 spiro atoms. The molecule has 0 aliphatic rings. The van der Waals surface area contributed by atoms with E-state index in [2.05, 4.69) is 40.2 Å². The van der Waals surface area contributed by atoms with Gasteiger partial charge in [-0.05, 0) is 17.7 Å². The Bertz CT molecular complexity index is 448. The Morgan fingerprint density at radius 3 is 2.11 bits per heavy atom. The number of rotatable bonds is 5. The van der Waals surface area contributed by atoms with Crippen LogP contribution in [-0.4, -0.2) is 27.4 Å². The van der Waals surface area contributed by atoms with E-state index in [0.717, 1.165) is 0 Å². The van der Waals surface area contributed by atoms with Crippen LogP contribution in [-0.2, 0) is 0 Å². The molecular weight excluding hydrogens is 220 g/mol. The normalized spacial score (nSPS) is 12.4. The summed E-state index contributed by atoms with van der Waals surface area (Å²) in [5.74, 6) is 0. The van der Waals surface area contributed by atoms with E-state index in [9.17, 15) is 0 Å². The number of nitrogens with one attached hydrogen (secondary N) is 1. The smallest absolute Gasteiger partial charge is 0.161 e. The van der Waals surface area contributed by atoms with Gasteiger partial charge in [0.05, 0.1) is 0 Å². The predicted molar refractivity (Wildman–Crippen MR) is 81.0 cm³/mol. The minimum absolute atomic E-state index is 1.20. The molecule has 94 valence electrons. The average Bonchev–Trinajstić information content (AvgIpc) is 2.38. The zero-order valence-electron chi connectivity index (χ0n) is 11.3. The van der Waals surface area contributed by atoms with Crippen LogP contribution in [0.2, 0.25) is 0 Å². The van der Waals surface area contributed by atoms with Crippen LogP contribution < -0.4 is 9.89 Å². The molecule has 2 nitrogen and oxygen atoms in total. The van der Waals surface area contributed by atoms with Gasteiger partial charge in [-0.1, -0.05) is 42.5 Å². The minimum Gasteiger partial charge on any atom is -0.378 e. The molecule has 0 bridgehead atoms. The molecule has 0 aliphatic heterocycles. The summed E-state index contributed by atoms with van der Waals surface area (Å²) in [7, 11) is 5.97. The third-order valence-corrected chi connectivity index (χ3v) is 2.41. The van der Waals surface area contributed by atoms with Gasteiger partial charge in [-0.15, -0.1) is 0 Å². The molecule has 18 heavy (non-hydrogen) atoms.